The molecule has 7 aromatic rings. The highest BCUT2D eigenvalue weighted by Crippen LogP contribution is 2.35. The Kier molecular flexibility index (Phi) is 6.78. The third-order valence-corrected chi connectivity index (χ3v) is 7.32. The fourth-order valence-electron chi connectivity index (χ4n) is 5.48. The van der Waals surface area contributed by atoms with Gasteiger partial charge in [-0.15, -0.1) is 0 Å². The van der Waals surface area contributed by atoms with E-state index in [0.717, 1.165) is 44.1 Å². The number of carbonyl (C=O) groups excluding carboxylic acids is 1. The van der Waals surface area contributed by atoms with Crippen molar-refractivity contribution in [2.75, 3.05) is 0 Å². The Morgan fingerprint density at radius 1 is 0.750 bits per heavy atom. The van der Waals surface area contributed by atoms with E-state index in [1.54, 1.807) is 0 Å². The quantitative estimate of drug-likeness (QED) is 0.211. The molecule has 0 aliphatic heterocycles. The van der Waals surface area contributed by atoms with Crippen molar-refractivity contribution in [1.29, 1.82) is 0 Å². The summed E-state index contributed by atoms with van der Waals surface area (Å²) in [5.74, 6) is -0.436. The van der Waals surface area contributed by atoms with Gasteiger partial charge in [0.1, 0.15) is 17.0 Å². The van der Waals surface area contributed by atoms with E-state index in [4.69, 9.17) is 4.42 Å². The molecule has 0 aliphatic carbocycles. The van der Waals surface area contributed by atoms with E-state index in [2.05, 4.69) is 41.0 Å². The fourth-order valence-corrected chi connectivity index (χ4v) is 5.48. The minimum Gasteiger partial charge on any atom is -1.00 e. The summed E-state index contributed by atoms with van der Waals surface area (Å²) in [6.45, 7) is 0.145. The molecule has 0 saturated carbocycles. The van der Waals surface area contributed by atoms with Gasteiger partial charge in [-0.25, -0.2) is 13.5 Å². The third kappa shape index (κ3) is 4.50. The van der Waals surface area contributed by atoms with Gasteiger partial charge >= 0.3 is 0 Å². The van der Waals surface area contributed by atoms with Gasteiger partial charge in [0.2, 0.25) is 12.1 Å². The normalized spacial score (nSPS) is 12.0. The summed E-state index contributed by atoms with van der Waals surface area (Å²) in [6, 6.07) is 38.5. The zero-order chi connectivity index (χ0) is 26.3. The van der Waals surface area contributed by atoms with Crippen LogP contribution in [0.15, 0.2) is 132 Å². The maximum Gasteiger partial charge on any atom is 0.245 e. The van der Waals surface area contributed by atoms with E-state index >= 15 is 0 Å². The van der Waals surface area contributed by atoms with Crippen LogP contribution in [0.25, 0.3) is 33.0 Å². The van der Waals surface area contributed by atoms with Crippen molar-refractivity contribution < 1.29 is 35.2 Å². The van der Waals surface area contributed by atoms with E-state index in [9.17, 15) is 9.18 Å². The van der Waals surface area contributed by atoms with Crippen LogP contribution in [0.5, 0.6) is 0 Å². The average molecular weight is 591 g/mol. The lowest BCUT2D eigenvalue weighted by molar-refractivity contribution is -0.658. The van der Waals surface area contributed by atoms with Crippen LogP contribution in [-0.4, -0.2) is 10.4 Å². The summed E-state index contributed by atoms with van der Waals surface area (Å²) in [6.07, 6.45) is 2.02. The van der Waals surface area contributed by atoms with Gasteiger partial charge in [-0.2, -0.15) is 0 Å². The number of nitrogens with zero attached hydrogens (tertiary/aromatic N) is 2. The molecule has 1 atom stereocenters. The number of Topliss-reactive ketones (excluding diaryl/α,β-unsaturated/α-hetero) is 1. The number of hydrogen-bond donors (Lipinski definition) is 0. The third-order valence-electron chi connectivity index (χ3n) is 7.32. The lowest BCUT2D eigenvalue weighted by Gasteiger charge is -2.16. The Morgan fingerprint density at radius 3 is 2.27 bits per heavy atom. The number of fused-ring (bicyclic) bond motifs is 4. The molecular formula is C34H24BrFN2O2. The van der Waals surface area contributed by atoms with Crippen molar-refractivity contribution in [3.05, 3.63) is 150 Å². The molecular weight excluding hydrogens is 567 g/mol. The van der Waals surface area contributed by atoms with Crippen LogP contribution >= 0.6 is 0 Å². The number of carbonyl (C=O) groups is 1. The molecule has 40 heavy (non-hydrogen) atoms. The zero-order valence-electron chi connectivity index (χ0n) is 21.4. The maximum atomic E-state index is 13.4. The van der Waals surface area contributed by atoms with Gasteiger partial charge in [0.05, 0.1) is 0 Å². The number of hydrogen-bond acceptors (Lipinski definition) is 2. The first-order valence-electron chi connectivity index (χ1n) is 12.9. The molecule has 0 N–H and O–H groups in total. The number of benzene rings is 5. The van der Waals surface area contributed by atoms with Crippen molar-refractivity contribution in [3.63, 3.8) is 0 Å². The predicted molar refractivity (Wildman–Crippen MR) is 150 cm³/mol. The molecule has 0 radical (unpaired) electrons. The van der Waals surface area contributed by atoms with E-state index in [1.165, 1.54) is 24.3 Å². The summed E-state index contributed by atoms with van der Waals surface area (Å²) in [4.78, 5) is 13.2. The van der Waals surface area contributed by atoms with Crippen molar-refractivity contribution in [2.24, 2.45) is 0 Å². The lowest BCUT2D eigenvalue weighted by Crippen LogP contribution is -3.00. The van der Waals surface area contributed by atoms with E-state index in [0.29, 0.717) is 5.56 Å². The van der Waals surface area contributed by atoms with Crippen LogP contribution in [-0.2, 0) is 6.54 Å². The Labute approximate surface area is 240 Å². The molecule has 2 heterocycles. The standard InChI is InChI=1S/C34H24FN2O2.BrH/c35-26-17-14-23(15-18-26)31(38)21-36-22-37(30-12-6-5-11-29(30)36)34(24-8-2-1-3-9-24)25-16-19-33-28(20-25)27-10-4-7-13-32(27)39-33;/h1-20,22,34H,21H2;1H/q+1;/p-1. The van der Waals surface area contributed by atoms with Crippen LogP contribution in [0, 0.1) is 5.82 Å². The van der Waals surface area contributed by atoms with Gasteiger partial charge in [-0.05, 0) is 54.6 Å². The van der Waals surface area contributed by atoms with E-state index in [-0.39, 0.29) is 41.2 Å². The molecule has 196 valence electrons. The smallest absolute Gasteiger partial charge is 0.245 e. The molecule has 1 unspecified atom stereocenters. The molecule has 6 heteroatoms. The number of imidazole rings is 1. The zero-order valence-corrected chi connectivity index (χ0v) is 23.0. The van der Waals surface area contributed by atoms with Gasteiger partial charge in [-0.3, -0.25) is 4.79 Å². The highest BCUT2D eigenvalue weighted by Gasteiger charge is 2.28. The largest absolute Gasteiger partial charge is 1.00 e. The number of aromatic nitrogens is 2. The SMILES string of the molecule is O=C(C[n+]1cn(C(c2ccccc2)c2ccc3oc4ccccc4c3c2)c2ccccc21)c1ccc(F)cc1.[Br-]. The minimum absolute atomic E-state index is 0. The van der Waals surface area contributed by atoms with Crippen LogP contribution in [0.4, 0.5) is 4.39 Å². The summed E-state index contributed by atoms with van der Waals surface area (Å²) in [5.41, 5.74) is 6.39. The Hall–Kier alpha value is -4.55. The second-order valence-electron chi connectivity index (χ2n) is 9.74. The van der Waals surface area contributed by atoms with Gasteiger partial charge in [-0.1, -0.05) is 66.7 Å². The Balaban J connectivity index is 0.00000289. The Morgan fingerprint density at radius 2 is 1.45 bits per heavy atom. The van der Waals surface area contributed by atoms with Crippen LogP contribution < -0.4 is 21.5 Å². The first-order valence-corrected chi connectivity index (χ1v) is 12.9. The number of para-hydroxylation sites is 3. The molecule has 0 fully saturated rings. The predicted octanol–water partition coefficient (Wildman–Crippen LogP) is 4.49. The first kappa shape index (κ1) is 25.7. The van der Waals surface area contributed by atoms with Crippen molar-refractivity contribution >= 4 is 38.8 Å². The highest BCUT2D eigenvalue weighted by molar-refractivity contribution is 6.05. The van der Waals surface area contributed by atoms with E-state index < -0.39 is 0 Å². The topological polar surface area (TPSA) is 39.0 Å². The molecule has 0 bridgehead atoms. The number of rotatable bonds is 6. The second kappa shape index (κ2) is 10.5. The average Bonchev–Trinajstić information content (AvgIpc) is 3.52. The molecule has 0 spiro atoms. The van der Waals surface area contributed by atoms with Crippen molar-refractivity contribution in [2.45, 2.75) is 12.6 Å². The van der Waals surface area contributed by atoms with Gasteiger partial charge < -0.3 is 21.4 Å². The monoisotopic (exact) mass is 590 g/mol. The number of halogens is 2. The molecule has 2 aromatic heterocycles. The molecule has 0 aliphatic rings. The van der Waals surface area contributed by atoms with Gasteiger partial charge in [0, 0.05) is 27.5 Å². The minimum atomic E-state index is -0.358. The second-order valence-corrected chi connectivity index (χ2v) is 9.74. The maximum absolute atomic E-state index is 13.4. The lowest BCUT2D eigenvalue weighted by atomic mass is 9.96. The summed E-state index contributed by atoms with van der Waals surface area (Å²) >= 11 is 0. The Bertz CT molecular complexity index is 1980. The first-order chi connectivity index (χ1) is 19.2. The fraction of sp³-hybridized carbons (Fsp3) is 0.0588. The van der Waals surface area contributed by atoms with Gasteiger partial charge in [0.15, 0.2) is 23.6 Å². The molecule has 0 saturated heterocycles. The molecule has 0 amide bonds. The molecule has 4 nitrogen and oxygen atoms in total. The van der Waals surface area contributed by atoms with Crippen molar-refractivity contribution in [1.82, 2.24) is 4.57 Å². The highest BCUT2D eigenvalue weighted by atomic mass is 79.9. The van der Waals surface area contributed by atoms with Gasteiger partial charge in [0.25, 0.3) is 0 Å². The van der Waals surface area contributed by atoms with E-state index in [1.807, 2.05) is 71.6 Å². The summed E-state index contributed by atoms with van der Waals surface area (Å²) in [5, 5.41) is 2.15. The van der Waals surface area contributed by atoms with Crippen LogP contribution in [0.2, 0.25) is 0 Å². The van der Waals surface area contributed by atoms with Crippen LogP contribution in [0.3, 0.4) is 0 Å². The summed E-state index contributed by atoms with van der Waals surface area (Å²) < 4.78 is 23.7. The number of furan rings is 1. The number of ketones is 1. The van der Waals surface area contributed by atoms with Crippen molar-refractivity contribution in [3.8, 4) is 0 Å². The summed E-state index contributed by atoms with van der Waals surface area (Å²) in [7, 11) is 0. The molecule has 5 aromatic carbocycles. The van der Waals surface area contributed by atoms with Crippen LogP contribution in [0.1, 0.15) is 27.5 Å². The molecule has 7 rings (SSSR count).